The fraction of sp³-hybridized carbons (Fsp3) is 0.583. The van der Waals surface area contributed by atoms with E-state index in [9.17, 15) is 5.11 Å². The minimum Gasteiger partial charge on any atom is -0.395 e. The molecule has 0 saturated heterocycles. The zero-order valence-corrected chi connectivity index (χ0v) is 9.97. The Kier molecular flexibility index (Phi) is 4.17. The number of hydrogen-bond donors (Lipinski definition) is 3. The van der Waals surface area contributed by atoms with E-state index in [-0.39, 0.29) is 6.61 Å². The summed E-state index contributed by atoms with van der Waals surface area (Å²) in [4.78, 5) is 6.36. The lowest BCUT2D eigenvalue weighted by molar-refractivity contribution is 0.297. The van der Waals surface area contributed by atoms with Gasteiger partial charge in [-0.25, -0.2) is 10.8 Å². The number of pyridine rings is 1. The Bertz CT molecular complexity index is 352. The first kappa shape index (κ1) is 12.1. The normalized spacial score (nSPS) is 16.1. The molecule has 4 N–H and O–H groups in total. The van der Waals surface area contributed by atoms with E-state index in [0.717, 1.165) is 5.69 Å². The fourth-order valence-electron chi connectivity index (χ4n) is 2.52. The number of aliphatic hydroxyl groups is 1. The van der Waals surface area contributed by atoms with Gasteiger partial charge in [-0.3, -0.25) is 0 Å². The van der Waals surface area contributed by atoms with Crippen LogP contribution in [0.4, 0.5) is 11.5 Å². The molecule has 0 bridgehead atoms. The topological polar surface area (TPSA) is 74.4 Å². The largest absolute Gasteiger partial charge is 0.395 e. The molecule has 17 heavy (non-hydrogen) atoms. The second-order valence-corrected chi connectivity index (χ2v) is 4.40. The molecule has 0 unspecified atom stereocenters. The van der Waals surface area contributed by atoms with Crippen LogP contribution in [-0.4, -0.2) is 29.3 Å². The highest BCUT2D eigenvalue weighted by Gasteiger charge is 2.22. The van der Waals surface area contributed by atoms with Gasteiger partial charge in [0.25, 0.3) is 0 Å². The molecule has 0 aromatic carbocycles. The SMILES string of the molecule is NNc1cc(N(CCO)C2CCCC2)ccn1. The number of nitrogens with two attached hydrogens (primary N) is 1. The number of nitrogen functional groups attached to an aromatic ring is 1. The van der Waals surface area contributed by atoms with Crippen LogP contribution in [0.15, 0.2) is 18.3 Å². The molecule has 5 heteroatoms. The van der Waals surface area contributed by atoms with Crippen molar-refractivity contribution in [2.75, 3.05) is 23.5 Å². The second-order valence-electron chi connectivity index (χ2n) is 4.40. The van der Waals surface area contributed by atoms with Gasteiger partial charge in [-0.2, -0.15) is 0 Å². The molecule has 1 saturated carbocycles. The molecular weight excluding hydrogens is 216 g/mol. The zero-order valence-electron chi connectivity index (χ0n) is 9.97. The Balaban J connectivity index is 2.18. The first-order valence-electron chi connectivity index (χ1n) is 6.15. The van der Waals surface area contributed by atoms with Crippen LogP contribution < -0.4 is 16.2 Å². The van der Waals surface area contributed by atoms with Gasteiger partial charge in [-0.15, -0.1) is 0 Å². The number of nitrogens with one attached hydrogen (secondary N) is 1. The molecule has 1 aliphatic rings. The molecule has 1 aliphatic carbocycles. The number of nitrogens with zero attached hydrogens (tertiary/aromatic N) is 2. The summed E-state index contributed by atoms with van der Waals surface area (Å²) in [5.41, 5.74) is 3.63. The molecule has 1 heterocycles. The number of hydrogen-bond acceptors (Lipinski definition) is 5. The van der Waals surface area contributed by atoms with Crippen LogP contribution >= 0.6 is 0 Å². The molecule has 0 atom stereocenters. The van der Waals surface area contributed by atoms with Crippen LogP contribution in [0.3, 0.4) is 0 Å². The van der Waals surface area contributed by atoms with Crippen LogP contribution in [-0.2, 0) is 0 Å². The molecule has 1 aromatic heterocycles. The van der Waals surface area contributed by atoms with Crippen LogP contribution in [0.25, 0.3) is 0 Å². The van der Waals surface area contributed by atoms with E-state index in [1.807, 2.05) is 12.1 Å². The van der Waals surface area contributed by atoms with E-state index < -0.39 is 0 Å². The van der Waals surface area contributed by atoms with Crippen LogP contribution in [0, 0.1) is 0 Å². The molecule has 0 radical (unpaired) electrons. The van der Waals surface area contributed by atoms with Gasteiger partial charge in [0.05, 0.1) is 6.61 Å². The molecule has 0 amide bonds. The van der Waals surface area contributed by atoms with E-state index >= 15 is 0 Å². The van der Waals surface area contributed by atoms with Gasteiger partial charge in [0.1, 0.15) is 5.82 Å². The van der Waals surface area contributed by atoms with Crippen molar-refractivity contribution in [1.82, 2.24) is 4.98 Å². The molecule has 0 spiro atoms. The van der Waals surface area contributed by atoms with Gasteiger partial charge < -0.3 is 15.4 Å². The van der Waals surface area contributed by atoms with Crippen molar-refractivity contribution < 1.29 is 5.11 Å². The quantitative estimate of drug-likeness (QED) is 0.527. The Morgan fingerprint density at radius 3 is 2.88 bits per heavy atom. The lowest BCUT2D eigenvalue weighted by Gasteiger charge is -2.30. The minimum absolute atomic E-state index is 0.171. The Morgan fingerprint density at radius 1 is 1.47 bits per heavy atom. The van der Waals surface area contributed by atoms with Crippen molar-refractivity contribution in [3.8, 4) is 0 Å². The smallest absolute Gasteiger partial charge is 0.141 e. The lowest BCUT2D eigenvalue weighted by atomic mass is 10.2. The maximum atomic E-state index is 9.19. The third-order valence-corrected chi connectivity index (χ3v) is 3.33. The van der Waals surface area contributed by atoms with Crippen molar-refractivity contribution in [2.45, 2.75) is 31.7 Å². The summed E-state index contributed by atoms with van der Waals surface area (Å²) in [5, 5.41) is 9.19. The standard InChI is InChI=1S/C12H20N4O/c13-15-12-9-11(5-6-14-12)16(7-8-17)10-3-1-2-4-10/h5-6,9-10,17H,1-4,7-8,13H2,(H,14,15). The highest BCUT2D eigenvalue weighted by Crippen LogP contribution is 2.28. The van der Waals surface area contributed by atoms with E-state index in [4.69, 9.17) is 5.84 Å². The monoisotopic (exact) mass is 236 g/mol. The van der Waals surface area contributed by atoms with Crippen molar-refractivity contribution in [1.29, 1.82) is 0 Å². The maximum Gasteiger partial charge on any atom is 0.141 e. The lowest BCUT2D eigenvalue weighted by Crippen LogP contribution is -2.35. The van der Waals surface area contributed by atoms with Gasteiger partial charge in [-0.1, -0.05) is 12.8 Å². The minimum atomic E-state index is 0.171. The van der Waals surface area contributed by atoms with E-state index in [1.54, 1.807) is 6.20 Å². The molecule has 0 aliphatic heterocycles. The summed E-state index contributed by atoms with van der Waals surface area (Å²) >= 11 is 0. The van der Waals surface area contributed by atoms with Crippen LogP contribution in [0.1, 0.15) is 25.7 Å². The number of aromatic nitrogens is 1. The third-order valence-electron chi connectivity index (χ3n) is 3.33. The highest BCUT2D eigenvalue weighted by atomic mass is 16.3. The van der Waals surface area contributed by atoms with E-state index in [1.165, 1.54) is 25.7 Å². The van der Waals surface area contributed by atoms with Crippen molar-refractivity contribution in [3.05, 3.63) is 18.3 Å². The number of rotatable bonds is 5. The Hall–Kier alpha value is -1.33. The van der Waals surface area contributed by atoms with Crippen molar-refractivity contribution in [3.63, 3.8) is 0 Å². The zero-order chi connectivity index (χ0) is 12.1. The molecular formula is C12H20N4O. The summed E-state index contributed by atoms with van der Waals surface area (Å²) in [5.74, 6) is 6.02. The Morgan fingerprint density at radius 2 is 2.24 bits per heavy atom. The average Bonchev–Trinajstić information content (AvgIpc) is 2.89. The fourth-order valence-corrected chi connectivity index (χ4v) is 2.52. The van der Waals surface area contributed by atoms with Gasteiger partial charge in [0.15, 0.2) is 0 Å². The summed E-state index contributed by atoms with van der Waals surface area (Å²) in [6.45, 7) is 0.836. The summed E-state index contributed by atoms with van der Waals surface area (Å²) in [7, 11) is 0. The first-order chi connectivity index (χ1) is 8.35. The average molecular weight is 236 g/mol. The number of hydrazine groups is 1. The second kappa shape index (κ2) is 5.84. The summed E-state index contributed by atoms with van der Waals surface area (Å²) in [6.07, 6.45) is 6.70. The predicted molar refractivity (Wildman–Crippen MR) is 68.7 cm³/mol. The number of anilines is 2. The molecule has 5 nitrogen and oxygen atoms in total. The molecule has 1 aromatic rings. The van der Waals surface area contributed by atoms with Crippen LogP contribution in [0.2, 0.25) is 0 Å². The third kappa shape index (κ3) is 2.87. The van der Waals surface area contributed by atoms with Gasteiger partial charge in [0, 0.05) is 30.5 Å². The Labute approximate surface area is 102 Å². The summed E-state index contributed by atoms with van der Waals surface area (Å²) < 4.78 is 0. The van der Waals surface area contributed by atoms with Crippen LogP contribution in [0.5, 0.6) is 0 Å². The van der Waals surface area contributed by atoms with Crippen molar-refractivity contribution in [2.24, 2.45) is 5.84 Å². The molecule has 2 rings (SSSR count). The van der Waals surface area contributed by atoms with Gasteiger partial charge in [-0.05, 0) is 18.9 Å². The predicted octanol–water partition coefficient (Wildman–Crippen LogP) is 1.11. The highest BCUT2D eigenvalue weighted by molar-refractivity contribution is 5.54. The molecule has 1 fully saturated rings. The molecule has 94 valence electrons. The summed E-state index contributed by atoms with van der Waals surface area (Å²) in [6, 6.07) is 4.43. The maximum absolute atomic E-state index is 9.19. The van der Waals surface area contributed by atoms with Gasteiger partial charge >= 0.3 is 0 Å². The van der Waals surface area contributed by atoms with E-state index in [0.29, 0.717) is 18.4 Å². The van der Waals surface area contributed by atoms with Gasteiger partial charge in [0.2, 0.25) is 0 Å². The van der Waals surface area contributed by atoms with E-state index in [2.05, 4.69) is 15.3 Å². The number of aliphatic hydroxyl groups excluding tert-OH is 1. The first-order valence-corrected chi connectivity index (χ1v) is 6.15. The van der Waals surface area contributed by atoms with Crippen molar-refractivity contribution >= 4 is 11.5 Å².